The van der Waals surface area contributed by atoms with Crippen LogP contribution >= 0.6 is 15.9 Å². The average Bonchev–Trinajstić information content (AvgIpc) is 2.55. The lowest BCUT2D eigenvalue weighted by molar-refractivity contribution is -0.122. The van der Waals surface area contributed by atoms with E-state index in [9.17, 15) is 9.59 Å². The van der Waals surface area contributed by atoms with Gasteiger partial charge >= 0.3 is 0 Å². The van der Waals surface area contributed by atoms with E-state index in [0.717, 1.165) is 10.0 Å². The quantitative estimate of drug-likeness (QED) is 0.624. The van der Waals surface area contributed by atoms with Crippen molar-refractivity contribution in [3.63, 3.8) is 0 Å². The Labute approximate surface area is 142 Å². The summed E-state index contributed by atoms with van der Waals surface area (Å²) >= 11 is 3.36. The summed E-state index contributed by atoms with van der Waals surface area (Å²) in [6, 6.07) is 15.5. The second kappa shape index (κ2) is 8.24. The Morgan fingerprint density at radius 2 is 1.87 bits per heavy atom. The molecule has 2 aromatic carbocycles. The van der Waals surface area contributed by atoms with Crippen molar-refractivity contribution in [2.75, 3.05) is 0 Å². The molecule has 0 saturated carbocycles. The summed E-state index contributed by atoms with van der Waals surface area (Å²) in [5.74, 6) is -0.690. The lowest BCUT2D eigenvalue weighted by Crippen LogP contribution is -2.43. The van der Waals surface area contributed by atoms with Crippen molar-refractivity contribution < 1.29 is 9.59 Å². The molecule has 6 heteroatoms. The molecule has 0 bridgehead atoms. The van der Waals surface area contributed by atoms with Gasteiger partial charge in [0.2, 0.25) is 0 Å². The van der Waals surface area contributed by atoms with E-state index in [0.29, 0.717) is 5.56 Å². The summed E-state index contributed by atoms with van der Waals surface area (Å²) < 4.78 is 0.927. The van der Waals surface area contributed by atoms with Crippen LogP contribution in [0, 0.1) is 0 Å². The summed E-state index contributed by atoms with van der Waals surface area (Å²) in [6.07, 6.45) is 1.54. The highest BCUT2D eigenvalue weighted by Crippen LogP contribution is 2.09. The van der Waals surface area contributed by atoms with Crippen LogP contribution in [0.3, 0.4) is 0 Å². The predicted molar refractivity (Wildman–Crippen MR) is 93.2 cm³/mol. The summed E-state index contributed by atoms with van der Waals surface area (Å²) in [7, 11) is 0. The largest absolute Gasteiger partial charge is 0.340 e. The lowest BCUT2D eigenvalue weighted by Gasteiger charge is -2.12. The van der Waals surface area contributed by atoms with Crippen molar-refractivity contribution in [2.24, 2.45) is 5.10 Å². The zero-order valence-electron chi connectivity index (χ0n) is 12.5. The third-order valence-corrected chi connectivity index (χ3v) is 3.51. The monoisotopic (exact) mass is 373 g/mol. The predicted octanol–water partition coefficient (Wildman–Crippen LogP) is 2.72. The molecular formula is C17H16BrN3O2. The first-order valence-electron chi connectivity index (χ1n) is 7.00. The molecule has 2 N–H and O–H groups in total. The van der Waals surface area contributed by atoms with Crippen molar-refractivity contribution in [1.29, 1.82) is 0 Å². The van der Waals surface area contributed by atoms with Crippen molar-refractivity contribution in [3.05, 3.63) is 70.2 Å². The van der Waals surface area contributed by atoms with E-state index in [2.05, 4.69) is 31.8 Å². The summed E-state index contributed by atoms with van der Waals surface area (Å²) in [4.78, 5) is 23.9. The minimum Gasteiger partial charge on any atom is -0.340 e. The molecule has 2 aromatic rings. The van der Waals surface area contributed by atoms with Gasteiger partial charge in [-0.25, -0.2) is 5.43 Å². The van der Waals surface area contributed by atoms with Gasteiger partial charge in [-0.15, -0.1) is 0 Å². The number of hydrogen-bond donors (Lipinski definition) is 2. The second-order valence-electron chi connectivity index (χ2n) is 4.85. The molecule has 2 rings (SSSR count). The van der Waals surface area contributed by atoms with E-state index < -0.39 is 6.04 Å². The van der Waals surface area contributed by atoms with Crippen LogP contribution in [0.2, 0.25) is 0 Å². The van der Waals surface area contributed by atoms with Crippen LogP contribution in [-0.2, 0) is 4.79 Å². The molecule has 0 spiro atoms. The van der Waals surface area contributed by atoms with Gasteiger partial charge in [-0.1, -0.05) is 46.3 Å². The van der Waals surface area contributed by atoms with Crippen molar-refractivity contribution in [2.45, 2.75) is 13.0 Å². The summed E-state index contributed by atoms with van der Waals surface area (Å²) in [5.41, 5.74) is 3.76. The van der Waals surface area contributed by atoms with Gasteiger partial charge in [-0.05, 0) is 36.8 Å². The Kier molecular flexibility index (Phi) is 6.05. The van der Waals surface area contributed by atoms with Gasteiger partial charge in [-0.2, -0.15) is 5.10 Å². The number of halogens is 1. The Morgan fingerprint density at radius 3 is 2.57 bits per heavy atom. The van der Waals surface area contributed by atoms with Gasteiger partial charge in [-0.3, -0.25) is 9.59 Å². The molecule has 0 saturated heterocycles. The number of nitrogens with zero attached hydrogens (tertiary/aromatic N) is 1. The van der Waals surface area contributed by atoms with E-state index in [1.54, 1.807) is 31.2 Å². The Bertz CT molecular complexity index is 717. The first kappa shape index (κ1) is 16.9. The molecule has 0 fully saturated rings. The maximum Gasteiger partial charge on any atom is 0.262 e. The van der Waals surface area contributed by atoms with Crippen molar-refractivity contribution in [3.8, 4) is 0 Å². The highest BCUT2D eigenvalue weighted by atomic mass is 79.9. The highest BCUT2D eigenvalue weighted by Gasteiger charge is 2.15. The topological polar surface area (TPSA) is 70.6 Å². The maximum absolute atomic E-state index is 12.0. The number of carbonyl (C=O) groups is 2. The molecule has 0 radical (unpaired) electrons. The molecule has 0 heterocycles. The number of nitrogens with one attached hydrogen (secondary N) is 2. The number of rotatable bonds is 5. The smallest absolute Gasteiger partial charge is 0.262 e. The number of amides is 2. The minimum absolute atomic E-state index is 0.302. The van der Waals surface area contributed by atoms with Gasteiger partial charge in [0.1, 0.15) is 6.04 Å². The number of hydrogen-bond acceptors (Lipinski definition) is 3. The van der Waals surface area contributed by atoms with Gasteiger partial charge < -0.3 is 5.32 Å². The molecule has 2 amide bonds. The third-order valence-electron chi connectivity index (χ3n) is 3.01. The minimum atomic E-state index is -0.692. The van der Waals surface area contributed by atoms with Crippen LogP contribution in [0.25, 0.3) is 0 Å². The van der Waals surface area contributed by atoms with Gasteiger partial charge in [0.25, 0.3) is 11.8 Å². The molecule has 0 aliphatic rings. The van der Waals surface area contributed by atoms with Crippen molar-refractivity contribution in [1.82, 2.24) is 10.7 Å². The molecule has 118 valence electrons. The molecule has 1 atom stereocenters. The van der Waals surface area contributed by atoms with Crippen LogP contribution in [0.4, 0.5) is 0 Å². The average molecular weight is 374 g/mol. The Hall–Kier alpha value is -2.47. The molecule has 0 aromatic heterocycles. The van der Waals surface area contributed by atoms with Crippen LogP contribution in [0.1, 0.15) is 22.8 Å². The first-order chi connectivity index (χ1) is 11.1. The zero-order chi connectivity index (χ0) is 16.7. The number of benzene rings is 2. The zero-order valence-corrected chi connectivity index (χ0v) is 14.1. The van der Waals surface area contributed by atoms with Crippen LogP contribution in [-0.4, -0.2) is 24.1 Å². The normalized spacial score (nSPS) is 11.9. The van der Waals surface area contributed by atoms with Crippen LogP contribution in [0.15, 0.2) is 64.2 Å². The lowest BCUT2D eigenvalue weighted by atomic mass is 10.2. The fourth-order valence-corrected chi connectivity index (χ4v) is 2.21. The number of carbonyl (C=O) groups excluding carboxylic acids is 2. The van der Waals surface area contributed by atoms with Gasteiger partial charge in [0, 0.05) is 10.0 Å². The van der Waals surface area contributed by atoms with E-state index in [-0.39, 0.29) is 11.8 Å². The molecule has 23 heavy (non-hydrogen) atoms. The summed E-state index contributed by atoms with van der Waals surface area (Å²) in [5, 5.41) is 6.51. The fraction of sp³-hybridized carbons (Fsp3) is 0.118. The second-order valence-corrected chi connectivity index (χ2v) is 5.77. The van der Waals surface area contributed by atoms with Gasteiger partial charge in [0.15, 0.2) is 0 Å². The Morgan fingerprint density at radius 1 is 1.13 bits per heavy atom. The number of hydrazone groups is 1. The van der Waals surface area contributed by atoms with E-state index in [1.165, 1.54) is 6.21 Å². The fourth-order valence-electron chi connectivity index (χ4n) is 1.79. The SMILES string of the molecule is C[C@H](NC(=O)c1ccccc1)C(=O)N/N=C\c1cccc(Br)c1. The molecule has 5 nitrogen and oxygen atoms in total. The van der Waals surface area contributed by atoms with E-state index >= 15 is 0 Å². The van der Waals surface area contributed by atoms with E-state index in [1.807, 2.05) is 30.3 Å². The molecule has 0 aliphatic carbocycles. The van der Waals surface area contributed by atoms with Gasteiger partial charge in [0.05, 0.1) is 6.21 Å². The highest BCUT2D eigenvalue weighted by molar-refractivity contribution is 9.10. The van der Waals surface area contributed by atoms with Crippen LogP contribution in [0.5, 0.6) is 0 Å². The molecule has 0 aliphatic heterocycles. The summed E-state index contributed by atoms with van der Waals surface area (Å²) in [6.45, 7) is 1.60. The standard InChI is InChI=1S/C17H16BrN3O2/c1-12(20-17(23)14-7-3-2-4-8-14)16(22)21-19-11-13-6-5-9-15(18)10-13/h2-12H,1H3,(H,20,23)(H,21,22)/b19-11-/t12-/m0/s1. The van der Waals surface area contributed by atoms with Crippen molar-refractivity contribution >= 4 is 34.0 Å². The van der Waals surface area contributed by atoms with Crippen LogP contribution < -0.4 is 10.7 Å². The first-order valence-corrected chi connectivity index (χ1v) is 7.80. The third kappa shape index (κ3) is 5.34. The maximum atomic E-state index is 12.0. The molecular weight excluding hydrogens is 358 g/mol. The Balaban J connectivity index is 1.86. The van der Waals surface area contributed by atoms with E-state index in [4.69, 9.17) is 0 Å². The molecule has 0 unspecified atom stereocenters.